The van der Waals surface area contributed by atoms with Gasteiger partial charge >= 0.3 is 0 Å². The molecule has 2 aromatic heterocycles. The van der Waals surface area contributed by atoms with Crippen molar-refractivity contribution in [1.29, 1.82) is 0 Å². The van der Waals surface area contributed by atoms with Crippen LogP contribution >= 0.6 is 0 Å². The van der Waals surface area contributed by atoms with E-state index >= 15 is 0 Å². The molecule has 0 aliphatic carbocycles. The van der Waals surface area contributed by atoms with Crippen molar-refractivity contribution in [2.75, 3.05) is 0 Å². The maximum absolute atomic E-state index is 11.7. The van der Waals surface area contributed by atoms with Gasteiger partial charge in [-0.3, -0.25) is 10.1 Å². The van der Waals surface area contributed by atoms with E-state index in [2.05, 4.69) is 10.6 Å². The van der Waals surface area contributed by atoms with Crippen molar-refractivity contribution < 1.29 is 4.92 Å². The second-order valence-electron chi connectivity index (χ2n) is 9.82. The van der Waals surface area contributed by atoms with Crippen LogP contribution in [0.3, 0.4) is 0 Å². The van der Waals surface area contributed by atoms with Gasteiger partial charge in [-0.15, -0.1) is 0 Å². The molecule has 0 saturated carbocycles. The van der Waals surface area contributed by atoms with Gasteiger partial charge in [0.1, 0.15) is 0 Å². The fourth-order valence-electron chi connectivity index (χ4n) is 5.13. The number of benzene rings is 5. The summed E-state index contributed by atoms with van der Waals surface area (Å²) < 4.78 is 2.08. The van der Waals surface area contributed by atoms with E-state index in [0.717, 1.165) is 38.8 Å². The van der Waals surface area contributed by atoms with E-state index in [9.17, 15) is 10.1 Å². The zero-order valence-corrected chi connectivity index (χ0v) is 22.3. The first-order valence-electron chi connectivity index (χ1n) is 13.5. The summed E-state index contributed by atoms with van der Waals surface area (Å²) in [4.78, 5) is 25.9. The Balaban J connectivity index is 1.35. The molecule has 0 bridgehead atoms. The van der Waals surface area contributed by atoms with Gasteiger partial charge in [-0.25, -0.2) is 15.0 Å². The number of nitro groups is 1. The molecule has 0 aliphatic rings. The molecule has 2 heterocycles. The van der Waals surface area contributed by atoms with Crippen LogP contribution in [0.25, 0.3) is 61.9 Å². The number of nitro benzene ring substituents is 1. The van der Waals surface area contributed by atoms with Gasteiger partial charge in [-0.2, -0.15) is 0 Å². The summed E-state index contributed by atoms with van der Waals surface area (Å²) in [6, 6.07) is 42.6. The number of para-hydroxylation sites is 1. The highest BCUT2D eigenvalue weighted by Crippen LogP contribution is 2.33. The lowest BCUT2D eigenvalue weighted by atomic mass is 10.0. The van der Waals surface area contributed by atoms with E-state index in [1.165, 1.54) is 6.07 Å². The van der Waals surface area contributed by atoms with Crippen LogP contribution in [0.2, 0.25) is 0 Å². The lowest BCUT2D eigenvalue weighted by Crippen LogP contribution is -2.01. The lowest BCUT2D eigenvalue weighted by molar-refractivity contribution is -0.384. The molecule has 7 nitrogen and oxygen atoms in total. The molecule has 0 aliphatic heterocycles. The number of fused-ring (bicyclic) bond motifs is 1. The van der Waals surface area contributed by atoms with Gasteiger partial charge in [0.2, 0.25) is 0 Å². The topological polar surface area (TPSA) is 86.7 Å². The van der Waals surface area contributed by atoms with Crippen molar-refractivity contribution in [2.45, 2.75) is 0 Å². The largest absolute Gasteiger partial charge is 0.317 e. The molecular formula is C35H23N5O2. The molecule has 7 rings (SSSR count). The monoisotopic (exact) mass is 545 g/mol. The zero-order chi connectivity index (χ0) is 28.5. The van der Waals surface area contributed by atoms with Gasteiger partial charge in [0.15, 0.2) is 17.5 Å². The van der Waals surface area contributed by atoms with E-state index in [4.69, 9.17) is 15.0 Å². The molecule has 0 fully saturated rings. The van der Waals surface area contributed by atoms with Crippen LogP contribution in [0.15, 0.2) is 140 Å². The minimum absolute atomic E-state index is 0.0789. The van der Waals surface area contributed by atoms with Gasteiger partial charge in [0.25, 0.3) is 5.69 Å². The predicted molar refractivity (Wildman–Crippen MR) is 165 cm³/mol. The van der Waals surface area contributed by atoms with Crippen LogP contribution in [0.5, 0.6) is 0 Å². The first-order chi connectivity index (χ1) is 20.6. The second-order valence-corrected chi connectivity index (χ2v) is 9.82. The van der Waals surface area contributed by atoms with Crippen molar-refractivity contribution in [2.24, 2.45) is 0 Å². The van der Waals surface area contributed by atoms with Crippen molar-refractivity contribution in [3.05, 3.63) is 150 Å². The Bertz CT molecular complexity index is 2010. The average Bonchev–Trinajstić information content (AvgIpc) is 3.49. The fourth-order valence-corrected chi connectivity index (χ4v) is 5.13. The molecule has 0 atom stereocenters. The maximum atomic E-state index is 11.7. The predicted octanol–water partition coefficient (Wildman–Crippen LogP) is 8.39. The van der Waals surface area contributed by atoms with Gasteiger partial charge in [0, 0.05) is 34.6 Å². The summed E-state index contributed by atoms with van der Waals surface area (Å²) >= 11 is 0. The third-order valence-electron chi connectivity index (χ3n) is 7.19. The van der Waals surface area contributed by atoms with Crippen LogP contribution in [0.4, 0.5) is 5.69 Å². The van der Waals surface area contributed by atoms with Gasteiger partial charge in [-0.05, 0) is 41.3 Å². The highest BCUT2D eigenvalue weighted by atomic mass is 16.6. The van der Waals surface area contributed by atoms with E-state index in [1.807, 2.05) is 115 Å². The van der Waals surface area contributed by atoms with Crippen LogP contribution in [-0.4, -0.2) is 24.4 Å². The Labute approximate surface area is 241 Å². The summed E-state index contributed by atoms with van der Waals surface area (Å²) in [5, 5.41) is 12.7. The normalized spacial score (nSPS) is 11.0. The van der Waals surface area contributed by atoms with Crippen LogP contribution in [0.1, 0.15) is 0 Å². The number of rotatable bonds is 6. The fraction of sp³-hybridized carbons (Fsp3) is 0. The summed E-state index contributed by atoms with van der Waals surface area (Å²) in [7, 11) is 0. The van der Waals surface area contributed by atoms with Crippen molar-refractivity contribution in [3.8, 4) is 51.0 Å². The molecule has 0 saturated heterocycles. The number of hydrogen-bond acceptors (Lipinski definition) is 5. The quantitative estimate of drug-likeness (QED) is 0.155. The van der Waals surface area contributed by atoms with E-state index in [1.54, 1.807) is 12.1 Å². The lowest BCUT2D eigenvalue weighted by Gasteiger charge is -2.11. The standard InChI is InChI=1S/C35H23N5O2/c41-40(42)31-17-8-7-16-30(31)27-19-18-24-20-21-39(32(24)23-27)29-15-9-14-28(22-29)35-37-33(25-10-3-1-4-11-25)36-34(38-35)26-12-5-2-6-13-26/h1-23H. The Morgan fingerprint density at radius 1 is 0.548 bits per heavy atom. The minimum atomic E-state index is -0.343. The van der Waals surface area contributed by atoms with Gasteiger partial charge in [0.05, 0.1) is 16.0 Å². The van der Waals surface area contributed by atoms with Crippen molar-refractivity contribution in [3.63, 3.8) is 0 Å². The Kier molecular flexibility index (Phi) is 6.29. The number of nitrogens with zero attached hydrogens (tertiary/aromatic N) is 5. The first kappa shape index (κ1) is 25.0. The van der Waals surface area contributed by atoms with Crippen molar-refractivity contribution in [1.82, 2.24) is 19.5 Å². The van der Waals surface area contributed by atoms with Crippen LogP contribution < -0.4 is 0 Å². The summed E-state index contributed by atoms with van der Waals surface area (Å²) in [6.45, 7) is 0. The number of hydrogen-bond donors (Lipinski definition) is 0. The molecule has 7 aromatic rings. The maximum Gasteiger partial charge on any atom is 0.277 e. The summed E-state index contributed by atoms with van der Waals surface area (Å²) in [6.07, 6.45) is 2.01. The summed E-state index contributed by atoms with van der Waals surface area (Å²) in [5.74, 6) is 1.78. The zero-order valence-electron chi connectivity index (χ0n) is 22.3. The van der Waals surface area contributed by atoms with Gasteiger partial charge in [-0.1, -0.05) is 97.1 Å². The Hall–Kier alpha value is -5.95. The Morgan fingerprint density at radius 3 is 1.81 bits per heavy atom. The molecule has 200 valence electrons. The molecule has 42 heavy (non-hydrogen) atoms. The van der Waals surface area contributed by atoms with E-state index in [-0.39, 0.29) is 10.6 Å². The molecule has 0 N–H and O–H groups in total. The highest BCUT2D eigenvalue weighted by molar-refractivity contribution is 5.88. The molecular weight excluding hydrogens is 522 g/mol. The molecule has 0 unspecified atom stereocenters. The molecule has 5 aromatic carbocycles. The Morgan fingerprint density at radius 2 is 1.14 bits per heavy atom. The van der Waals surface area contributed by atoms with Gasteiger partial charge < -0.3 is 4.57 Å². The van der Waals surface area contributed by atoms with Crippen LogP contribution in [-0.2, 0) is 0 Å². The average molecular weight is 546 g/mol. The molecule has 0 amide bonds. The van der Waals surface area contributed by atoms with E-state index < -0.39 is 0 Å². The number of aromatic nitrogens is 4. The minimum Gasteiger partial charge on any atom is -0.317 e. The molecule has 7 heteroatoms. The highest BCUT2D eigenvalue weighted by Gasteiger charge is 2.16. The molecule has 0 radical (unpaired) electrons. The third kappa shape index (κ3) is 4.69. The first-order valence-corrected chi connectivity index (χ1v) is 13.5. The smallest absolute Gasteiger partial charge is 0.277 e. The van der Waals surface area contributed by atoms with Crippen LogP contribution in [0, 0.1) is 10.1 Å². The van der Waals surface area contributed by atoms with Crippen molar-refractivity contribution >= 4 is 16.6 Å². The summed E-state index contributed by atoms with van der Waals surface area (Å²) in [5.41, 5.74) is 5.97. The third-order valence-corrected chi connectivity index (χ3v) is 7.19. The van der Waals surface area contributed by atoms with E-state index in [0.29, 0.717) is 23.0 Å². The second kappa shape index (κ2) is 10.6. The SMILES string of the molecule is O=[N+]([O-])c1ccccc1-c1ccc2ccn(-c3cccc(-c4nc(-c5ccccc5)nc(-c5ccccc5)n4)c3)c2c1. The molecule has 0 spiro atoms.